The molecule has 0 unspecified atom stereocenters. The minimum Gasteiger partial charge on any atom is -0.339 e. The van der Waals surface area contributed by atoms with Crippen molar-refractivity contribution in [2.75, 3.05) is 6.54 Å². The van der Waals surface area contributed by atoms with Gasteiger partial charge in [0.25, 0.3) is 0 Å². The standard InChI is InChI=1S/C12H17NO2/c14-10-6-8-2-1-5-13-11(15)4-3-9(7-10)12(8)13/h8-9,12H,1-7H2/t8-,9+,12-/m1/s1. The number of piperidine rings is 2. The topological polar surface area (TPSA) is 37.4 Å². The Morgan fingerprint density at radius 1 is 1.07 bits per heavy atom. The largest absolute Gasteiger partial charge is 0.339 e. The van der Waals surface area contributed by atoms with Gasteiger partial charge in [-0.3, -0.25) is 9.59 Å². The van der Waals surface area contributed by atoms with E-state index >= 15 is 0 Å². The third kappa shape index (κ3) is 1.40. The van der Waals surface area contributed by atoms with Crippen molar-refractivity contribution in [2.45, 2.75) is 44.6 Å². The number of hydrogen-bond donors (Lipinski definition) is 0. The second-order valence-corrected chi connectivity index (χ2v) is 5.23. The van der Waals surface area contributed by atoms with Gasteiger partial charge < -0.3 is 4.90 Å². The van der Waals surface area contributed by atoms with Crippen molar-refractivity contribution in [3.63, 3.8) is 0 Å². The molecular weight excluding hydrogens is 190 g/mol. The van der Waals surface area contributed by atoms with Crippen molar-refractivity contribution in [3.05, 3.63) is 0 Å². The van der Waals surface area contributed by atoms with Crippen molar-refractivity contribution < 1.29 is 9.59 Å². The average molecular weight is 207 g/mol. The highest BCUT2D eigenvalue weighted by atomic mass is 16.2. The zero-order chi connectivity index (χ0) is 10.4. The molecule has 2 heterocycles. The molecule has 2 saturated heterocycles. The number of ketones is 1. The average Bonchev–Trinajstić information content (AvgIpc) is 2.23. The quantitative estimate of drug-likeness (QED) is 0.601. The maximum Gasteiger partial charge on any atom is 0.222 e. The molecule has 3 atom stereocenters. The summed E-state index contributed by atoms with van der Waals surface area (Å²) in [6.45, 7) is 0.935. The number of nitrogens with zero attached hydrogens (tertiary/aromatic N) is 1. The van der Waals surface area contributed by atoms with Crippen LogP contribution in [0.3, 0.4) is 0 Å². The smallest absolute Gasteiger partial charge is 0.222 e. The minimum atomic E-state index is 0.329. The second-order valence-electron chi connectivity index (χ2n) is 5.23. The molecule has 0 bridgehead atoms. The molecule has 3 rings (SSSR count). The van der Waals surface area contributed by atoms with Gasteiger partial charge in [-0.25, -0.2) is 0 Å². The normalized spacial score (nSPS) is 40.3. The highest BCUT2D eigenvalue weighted by molar-refractivity contribution is 5.82. The number of carbonyl (C=O) groups is 2. The molecule has 3 aliphatic rings. The van der Waals surface area contributed by atoms with Gasteiger partial charge in [-0.15, -0.1) is 0 Å². The summed E-state index contributed by atoms with van der Waals surface area (Å²) < 4.78 is 0. The fourth-order valence-electron chi connectivity index (χ4n) is 3.77. The molecular formula is C12H17NO2. The van der Waals surface area contributed by atoms with Crippen molar-refractivity contribution in [2.24, 2.45) is 11.8 Å². The van der Waals surface area contributed by atoms with Gasteiger partial charge in [-0.2, -0.15) is 0 Å². The fourth-order valence-corrected chi connectivity index (χ4v) is 3.77. The Bertz CT molecular complexity index is 303. The number of amides is 1. The van der Waals surface area contributed by atoms with E-state index in [2.05, 4.69) is 4.90 Å². The Morgan fingerprint density at radius 3 is 2.60 bits per heavy atom. The van der Waals surface area contributed by atoms with Gasteiger partial charge in [0.2, 0.25) is 5.91 Å². The van der Waals surface area contributed by atoms with Crippen LogP contribution >= 0.6 is 0 Å². The van der Waals surface area contributed by atoms with Crippen molar-refractivity contribution in [1.29, 1.82) is 0 Å². The lowest BCUT2D eigenvalue weighted by atomic mass is 9.68. The molecule has 15 heavy (non-hydrogen) atoms. The van der Waals surface area contributed by atoms with Gasteiger partial charge in [0.15, 0.2) is 0 Å². The van der Waals surface area contributed by atoms with Crippen LogP contribution in [0.2, 0.25) is 0 Å². The fraction of sp³-hybridized carbons (Fsp3) is 0.833. The Labute approximate surface area is 89.8 Å². The second kappa shape index (κ2) is 3.32. The molecule has 2 aliphatic heterocycles. The van der Waals surface area contributed by atoms with Crippen LogP contribution in [-0.4, -0.2) is 29.2 Å². The summed E-state index contributed by atoms with van der Waals surface area (Å²) in [6.07, 6.45) is 5.31. The van der Waals surface area contributed by atoms with Crippen LogP contribution in [0, 0.1) is 11.8 Å². The van der Waals surface area contributed by atoms with Crippen LogP contribution in [0.5, 0.6) is 0 Å². The van der Waals surface area contributed by atoms with Gasteiger partial charge in [-0.05, 0) is 31.1 Å². The van der Waals surface area contributed by atoms with E-state index < -0.39 is 0 Å². The molecule has 3 fully saturated rings. The monoisotopic (exact) mass is 207 g/mol. The van der Waals surface area contributed by atoms with E-state index in [1.54, 1.807) is 0 Å². The Hall–Kier alpha value is -0.860. The first-order chi connectivity index (χ1) is 7.25. The van der Waals surface area contributed by atoms with Crippen LogP contribution in [0.25, 0.3) is 0 Å². The zero-order valence-corrected chi connectivity index (χ0v) is 8.95. The molecule has 1 aliphatic carbocycles. The van der Waals surface area contributed by atoms with Crippen LogP contribution in [-0.2, 0) is 9.59 Å². The first kappa shape index (κ1) is 9.37. The maximum absolute atomic E-state index is 11.8. The molecule has 1 saturated carbocycles. The number of hydrogen-bond acceptors (Lipinski definition) is 2. The predicted molar refractivity (Wildman–Crippen MR) is 55.2 cm³/mol. The molecule has 0 aromatic heterocycles. The number of carbonyl (C=O) groups excluding carboxylic acids is 2. The lowest BCUT2D eigenvalue weighted by molar-refractivity contribution is -0.149. The summed E-state index contributed by atoms with van der Waals surface area (Å²) in [7, 11) is 0. The third-order valence-electron chi connectivity index (χ3n) is 4.33. The molecule has 0 aromatic carbocycles. The highest BCUT2D eigenvalue weighted by Crippen LogP contribution is 2.42. The maximum atomic E-state index is 11.8. The minimum absolute atomic E-state index is 0.329. The third-order valence-corrected chi connectivity index (χ3v) is 4.33. The number of Topliss-reactive ketones (excluding diaryl/α,β-unsaturated/α-hetero) is 1. The van der Waals surface area contributed by atoms with Crippen LogP contribution in [0.4, 0.5) is 0 Å². The zero-order valence-electron chi connectivity index (χ0n) is 8.95. The molecule has 1 amide bonds. The van der Waals surface area contributed by atoms with Gasteiger partial charge in [0.05, 0.1) is 0 Å². The van der Waals surface area contributed by atoms with E-state index in [0.717, 1.165) is 38.6 Å². The summed E-state index contributed by atoms with van der Waals surface area (Å²) in [5, 5.41) is 0. The van der Waals surface area contributed by atoms with Crippen molar-refractivity contribution in [3.8, 4) is 0 Å². The van der Waals surface area contributed by atoms with E-state index in [1.807, 2.05) is 0 Å². The predicted octanol–water partition coefficient (Wildman–Crippen LogP) is 1.37. The van der Waals surface area contributed by atoms with Gasteiger partial charge in [0.1, 0.15) is 5.78 Å². The van der Waals surface area contributed by atoms with E-state index in [9.17, 15) is 9.59 Å². The molecule has 0 radical (unpaired) electrons. The Kier molecular flexibility index (Phi) is 2.08. The summed E-state index contributed by atoms with van der Waals surface area (Å²) in [4.78, 5) is 25.5. The Balaban J connectivity index is 1.90. The lowest BCUT2D eigenvalue weighted by Crippen LogP contribution is -2.57. The van der Waals surface area contributed by atoms with Crippen molar-refractivity contribution in [1.82, 2.24) is 4.90 Å². The summed E-state index contributed by atoms with van der Waals surface area (Å²) >= 11 is 0. The van der Waals surface area contributed by atoms with Gasteiger partial charge >= 0.3 is 0 Å². The first-order valence-corrected chi connectivity index (χ1v) is 6.07. The van der Waals surface area contributed by atoms with Gasteiger partial charge in [0, 0.05) is 31.8 Å². The molecule has 3 nitrogen and oxygen atoms in total. The van der Waals surface area contributed by atoms with E-state index in [4.69, 9.17) is 0 Å². The first-order valence-electron chi connectivity index (χ1n) is 6.07. The SMILES string of the molecule is O=C1C[C@H]2CCCN3C(=O)CC[C@@H](C1)[C@@H]23. The van der Waals surface area contributed by atoms with E-state index in [0.29, 0.717) is 36.0 Å². The van der Waals surface area contributed by atoms with Crippen LogP contribution < -0.4 is 0 Å². The van der Waals surface area contributed by atoms with Crippen LogP contribution in [0.1, 0.15) is 38.5 Å². The van der Waals surface area contributed by atoms with Crippen molar-refractivity contribution >= 4 is 11.7 Å². The van der Waals surface area contributed by atoms with E-state index in [-0.39, 0.29) is 0 Å². The Morgan fingerprint density at radius 2 is 1.80 bits per heavy atom. The molecule has 82 valence electrons. The lowest BCUT2D eigenvalue weighted by Gasteiger charge is -2.50. The van der Waals surface area contributed by atoms with E-state index in [1.165, 1.54) is 0 Å². The molecule has 0 spiro atoms. The number of rotatable bonds is 0. The molecule has 3 heteroatoms. The molecule has 0 N–H and O–H groups in total. The van der Waals surface area contributed by atoms with Crippen LogP contribution in [0.15, 0.2) is 0 Å². The summed E-state index contributed by atoms with van der Waals surface area (Å²) in [5.41, 5.74) is 0. The summed E-state index contributed by atoms with van der Waals surface area (Å²) in [5.74, 6) is 1.72. The molecule has 0 aromatic rings. The summed E-state index contributed by atoms with van der Waals surface area (Å²) in [6, 6.07) is 0.415. The van der Waals surface area contributed by atoms with Gasteiger partial charge in [-0.1, -0.05) is 0 Å². The highest BCUT2D eigenvalue weighted by Gasteiger charge is 2.46.